The van der Waals surface area contributed by atoms with E-state index in [9.17, 15) is 9.59 Å². The second-order valence-corrected chi connectivity index (χ2v) is 5.51. The number of carbonyl (C=O) groups is 2. The Balaban J connectivity index is 1.93. The average molecular weight is 302 g/mol. The quantitative estimate of drug-likeness (QED) is 0.832. The summed E-state index contributed by atoms with van der Waals surface area (Å²) < 4.78 is 0. The van der Waals surface area contributed by atoms with Crippen LogP contribution in [0.4, 0.5) is 5.13 Å². The molecule has 2 aromatic rings. The van der Waals surface area contributed by atoms with Gasteiger partial charge in [0.2, 0.25) is 5.91 Å². The van der Waals surface area contributed by atoms with E-state index in [1.54, 1.807) is 0 Å². The standard InChI is InChI=1S/C15H14N2O3S/c1-10-2-4-11(5-3-10)8-13(18)17-15-16-9-12(21-15)6-7-14(19)20/h2-7,9H,8H2,1H3,(H,19,20)(H,16,17,18). The van der Waals surface area contributed by atoms with Crippen molar-refractivity contribution in [2.24, 2.45) is 0 Å². The molecule has 1 aromatic heterocycles. The number of aryl methyl sites for hydroxylation is 1. The predicted octanol–water partition coefficient (Wildman–Crippen LogP) is 2.73. The number of nitrogens with zero attached hydrogens (tertiary/aromatic N) is 1. The van der Waals surface area contributed by atoms with Crippen molar-refractivity contribution >= 4 is 34.4 Å². The number of amides is 1. The highest BCUT2D eigenvalue weighted by atomic mass is 32.1. The fourth-order valence-electron chi connectivity index (χ4n) is 1.63. The summed E-state index contributed by atoms with van der Waals surface area (Å²) in [5, 5.41) is 11.7. The number of aromatic nitrogens is 1. The number of rotatable bonds is 5. The molecule has 0 aliphatic heterocycles. The van der Waals surface area contributed by atoms with Crippen LogP contribution in [0.2, 0.25) is 0 Å². The molecule has 108 valence electrons. The van der Waals surface area contributed by atoms with Gasteiger partial charge in [0.25, 0.3) is 0 Å². The van der Waals surface area contributed by atoms with Gasteiger partial charge in [0.15, 0.2) is 5.13 Å². The fraction of sp³-hybridized carbons (Fsp3) is 0.133. The molecule has 0 aliphatic rings. The van der Waals surface area contributed by atoms with E-state index in [0.717, 1.165) is 17.2 Å². The van der Waals surface area contributed by atoms with Crippen molar-refractivity contribution < 1.29 is 14.7 Å². The maximum absolute atomic E-state index is 11.9. The van der Waals surface area contributed by atoms with Crippen LogP contribution in [0.3, 0.4) is 0 Å². The van der Waals surface area contributed by atoms with E-state index in [0.29, 0.717) is 10.0 Å². The molecule has 0 spiro atoms. The minimum absolute atomic E-state index is 0.151. The van der Waals surface area contributed by atoms with E-state index in [-0.39, 0.29) is 12.3 Å². The lowest BCUT2D eigenvalue weighted by Gasteiger charge is -2.02. The van der Waals surface area contributed by atoms with Crippen LogP contribution in [0.5, 0.6) is 0 Å². The Morgan fingerprint density at radius 3 is 2.71 bits per heavy atom. The zero-order chi connectivity index (χ0) is 15.2. The Kier molecular flexibility index (Phi) is 4.84. The van der Waals surface area contributed by atoms with Crippen molar-refractivity contribution in [3.63, 3.8) is 0 Å². The van der Waals surface area contributed by atoms with Crippen LogP contribution >= 0.6 is 11.3 Å². The van der Waals surface area contributed by atoms with Gasteiger partial charge in [-0.3, -0.25) is 4.79 Å². The van der Waals surface area contributed by atoms with Gasteiger partial charge in [-0.15, -0.1) is 0 Å². The third-order valence-corrected chi connectivity index (χ3v) is 3.52. The molecule has 0 fully saturated rings. The Bertz CT molecular complexity index is 674. The molecule has 21 heavy (non-hydrogen) atoms. The van der Waals surface area contributed by atoms with E-state index in [1.165, 1.54) is 23.6 Å². The first-order chi connectivity index (χ1) is 10.0. The molecular formula is C15H14N2O3S. The molecule has 0 aliphatic carbocycles. The molecular weight excluding hydrogens is 288 g/mol. The number of carbonyl (C=O) groups excluding carboxylic acids is 1. The molecule has 2 rings (SSSR count). The summed E-state index contributed by atoms with van der Waals surface area (Å²) in [7, 11) is 0. The van der Waals surface area contributed by atoms with Crippen LogP contribution in [0.25, 0.3) is 6.08 Å². The molecule has 1 heterocycles. The van der Waals surface area contributed by atoms with Crippen molar-refractivity contribution in [3.05, 3.63) is 52.5 Å². The highest BCUT2D eigenvalue weighted by Gasteiger charge is 2.07. The van der Waals surface area contributed by atoms with Crippen molar-refractivity contribution in [2.45, 2.75) is 13.3 Å². The first-order valence-electron chi connectivity index (χ1n) is 6.25. The maximum atomic E-state index is 11.9. The molecule has 1 amide bonds. The second kappa shape index (κ2) is 6.81. The monoisotopic (exact) mass is 302 g/mol. The third kappa shape index (κ3) is 4.85. The van der Waals surface area contributed by atoms with Gasteiger partial charge >= 0.3 is 5.97 Å². The first kappa shape index (κ1) is 14.9. The number of anilines is 1. The molecule has 0 unspecified atom stereocenters. The minimum atomic E-state index is -1.02. The van der Waals surface area contributed by atoms with Gasteiger partial charge in [-0.05, 0) is 18.6 Å². The van der Waals surface area contributed by atoms with Gasteiger partial charge in [-0.1, -0.05) is 41.2 Å². The molecule has 0 atom stereocenters. The minimum Gasteiger partial charge on any atom is -0.478 e. The summed E-state index contributed by atoms with van der Waals surface area (Å²) in [6.07, 6.45) is 4.27. The Morgan fingerprint density at radius 2 is 2.05 bits per heavy atom. The molecule has 1 aromatic carbocycles. The highest BCUT2D eigenvalue weighted by molar-refractivity contribution is 7.16. The number of hydrogen-bond acceptors (Lipinski definition) is 4. The summed E-state index contributed by atoms with van der Waals surface area (Å²) in [6.45, 7) is 1.99. The topological polar surface area (TPSA) is 79.3 Å². The number of carboxylic acid groups (broad SMARTS) is 1. The second-order valence-electron chi connectivity index (χ2n) is 4.45. The van der Waals surface area contributed by atoms with Gasteiger partial charge < -0.3 is 10.4 Å². The average Bonchev–Trinajstić information content (AvgIpc) is 2.86. The van der Waals surface area contributed by atoms with Crippen molar-refractivity contribution in [3.8, 4) is 0 Å². The van der Waals surface area contributed by atoms with E-state index in [4.69, 9.17) is 5.11 Å². The first-order valence-corrected chi connectivity index (χ1v) is 7.07. The summed E-state index contributed by atoms with van der Waals surface area (Å²) >= 11 is 1.22. The van der Waals surface area contributed by atoms with E-state index in [2.05, 4.69) is 10.3 Å². The van der Waals surface area contributed by atoms with E-state index < -0.39 is 5.97 Å². The van der Waals surface area contributed by atoms with Crippen LogP contribution in [-0.2, 0) is 16.0 Å². The number of thiazole rings is 1. The smallest absolute Gasteiger partial charge is 0.328 e. The van der Waals surface area contributed by atoms with Crippen LogP contribution in [0, 0.1) is 6.92 Å². The summed E-state index contributed by atoms with van der Waals surface area (Å²) in [6, 6.07) is 7.75. The molecule has 6 heteroatoms. The molecule has 0 bridgehead atoms. The molecule has 0 saturated carbocycles. The lowest BCUT2D eigenvalue weighted by molar-refractivity contribution is -0.131. The Morgan fingerprint density at radius 1 is 1.33 bits per heavy atom. The molecule has 0 saturated heterocycles. The summed E-state index contributed by atoms with van der Waals surface area (Å²) in [5.74, 6) is -1.17. The summed E-state index contributed by atoms with van der Waals surface area (Å²) in [5.41, 5.74) is 2.08. The molecule has 0 radical (unpaired) electrons. The molecule has 2 N–H and O–H groups in total. The van der Waals surface area contributed by atoms with Gasteiger partial charge in [-0.25, -0.2) is 9.78 Å². The van der Waals surface area contributed by atoms with Crippen molar-refractivity contribution in [1.82, 2.24) is 4.98 Å². The van der Waals surface area contributed by atoms with Crippen LogP contribution in [0.15, 0.2) is 36.5 Å². The van der Waals surface area contributed by atoms with Crippen molar-refractivity contribution in [2.75, 3.05) is 5.32 Å². The Hall–Kier alpha value is -2.47. The fourth-order valence-corrected chi connectivity index (χ4v) is 2.36. The van der Waals surface area contributed by atoms with Crippen LogP contribution in [0.1, 0.15) is 16.0 Å². The van der Waals surface area contributed by atoms with E-state index in [1.807, 2.05) is 31.2 Å². The predicted molar refractivity (Wildman–Crippen MR) is 82.3 cm³/mol. The SMILES string of the molecule is Cc1ccc(CC(=O)Nc2ncc(C=CC(=O)O)s2)cc1. The van der Waals surface area contributed by atoms with E-state index >= 15 is 0 Å². The lowest BCUT2D eigenvalue weighted by Crippen LogP contribution is -2.14. The normalized spacial score (nSPS) is 10.7. The summed E-state index contributed by atoms with van der Waals surface area (Å²) in [4.78, 5) is 27.0. The molecule has 5 nitrogen and oxygen atoms in total. The highest BCUT2D eigenvalue weighted by Crippen LogP contribution is 2.19. The van der Waals surface area contributed by atoms with Crippen LogP contribution in [-0.4, -0.2) is 22.0 Å². The third-order valence-electron chi connectivity index (χ3n) is 2.65. The number of benzene rings is 1. The van der Waals surface area contributed by atoms with Crippen molar-refractivity contribution in [1.29, 1.82) is 0 Å². The van der Waals surface area contributed by atoms with Gasteiger partial charge in [0, 0.05) is 17.2 Å². The van der Waals surface area contributed by atoms with Gasteiger partial charge in [0.05, 0.1) is 6.42 Å². The Labute approximate surface area is 126 Å². The lowest BCUT2D eigenvalue weighted by atomic mass is 10.1. The van der Waals surface area contributed by atoms with Gasteiger partial charge in [-0.2, -0.15) is 0 Å². The number of carboxylic acids is 1. The maximum Gasteiger partial charge on any atom is 0.328 e. The number of aliphatic carboxylic acids is 1. The largest absolute Gasteiger partial charge is 0.478 e. The zero-order valence-electron chi connectivity index (χ0n) is 11.4. The van der Waals surface area contributed by atoms with Gasteiger partial charge in [0.1, 0.15) is 0 Å². The van der Waals surface area contributed by atoms with Crippen LogP contribution < -0.4 is 5.32 Å². The number of hydrogen-bond donors (Lipinski definition) is 2. The zero-order valence-corrected chi connectivity index (χ0v) is 12.2. The number of nitrogens with one attached hydrogen (secondary N) is 1.